The van der Waals surface area contributed by atoms with E-state index in [0.29, 0.717) is 25.2 Å². The molecule has 1 aromatic carbocycles. The van der Waals surface area contributed by atoms with Crippen molar-refractivity contribution in [2.24, 2.45) is 0 Å². The second-order valence-corrected chi connectivity index (χ2v) is 5.43. The molecule has 1 aliphatic heterocycles. The molecule has 0 radical (unpaired) electrons. The van der Waals surface area contributed by atoms with Crippen LogP contribution >= 0.6 is 0 Å². The van der Waals surface area contributed by atoms with Gasteiger partial charge in [0.25, 0.3) is 5.91 Å². The van der Waals surface area contributed by atoms with E-state index >= 15 is 0 Å². The topological polar surface area (TPSA) is 67.9 Å². The first-order chi connectivity index (χ1) is 11.1. The first kappa shape index (κ1) is 17.1. The largest absolute Gasteiger partial charge is 0.494 e. The molecular formula is C17H24N2O4. The second-order valence-electron chi connectivity index (χ2n) is 5.43. The molecule has 0 aliphatic carbocycles. The Morgan fingerprint density at radius 2 is 1.57 bits per heavy atom. The number of carbonyl (C=O) groups is 2. The summed E-state index contributed by atoms with van der Waals surface area (Å²) in [5.74, 6) is 1.30. The number of rotatable bonds is 8. The van der Waals surface area contributed by atoms with Crippen molar-refractivity contribution in [3.63, 3.8) is 0 Å². The summed E-state index contributed by atoms with van der Waals surface area (Å²) in [6.07, 6.45) is 1.18. The quantitative estimate of drug-likeness (QED) is 0.748. The number of hydrogen-bond donors (Lipinski definition) is 1. The third-order valence-electron chi connectivity index (χ3n) is 4.17. The summed E-state index contributed by atoms with van der Waals surface area (Å²) in [6.45, 7) is 6.84. The SMILES string of the molecule is CCOc1ccc(OCCN2C(=O)NC(CC)(CC)C2=O)cc1. The number of hydrogen-bond acceptors (Lipinski definition) is 4. The normalized spacial score (nSPS) is 16.4. The monoisotopic (exact) mass is 320 g/mol. The van der Waals surface area contributed by atoms with Gasteiger partial charge in [0.15, 0.2) is 0 Å². The van der Waals surface area contributed by atoms with Crippen molar-refractivity contribution in [3.8, 4) is 11.5 Å². The van der Waals surface area contributed by atoms with Gasteiger partial charge in [-0.25, -0.2) is 4.79 Å². The lowest BCUT2D eigenvalue weighted by Gasteiger charge is -2.23. The average molecular weight is 320 g/mol. The maximum absolute atomic E-state index is 12.4. The first-order valence-corrected chi connectivity index (χ1v) is 8.06. The molecule has 1 fully saturated rings. The molecule has 1 aromatic rings. The molecule has 1 aliphatic rings. The molecule has 1 heterocycles. The molecule has 2 rings (SSSR count). The van der Waals surface area contributed by atoms with Gasteiger partial charge in [-0.05, 0) is 44.0 Å². The molecular weight excluding hydrogens is 296 g/mol. The van der Waals surface area contributed by atoms with E-state index in [0.717, 1.165) is 5.75 Å². The number of carbonyl (C=O) groups excluding carboxylic acids is 2. The lowest BCUT2D eigenvalue weighted by atomic mass is 9.93. The second kappa shape index (κ2) is 7.35. The number of ether oxygens (including phenoxy) is 2. The molecule has 0 bridgehead atoms. The van der Waals surface area contributed by atoms with Crippen molar-refractivity contribution in [2.45, 2.75) is 39.2 Å². The molecule has 0 unspecified atom stereocenters. The highest BCUT2D eigenvalue weighted by molar-refractivity contribution is 6.06. The Morgan fingerprint density at radius 3 is 2.04 bits per heavy atom. The number of urea groups is 1. The van der Waals surface area contributed by atoms with Gasteiger partial charge in [0.05, 0.1) is 13.2 Å². The van der Waals surface area contributed by atoms with Crippen LogP contribution in [0, 0.1) is 0 Å². The maximum atomic E-state index is 12.4. The van der Waals surface area contributed by atoms with E-state index in [1.54, 1.807) is 12.1 Å². The van der Waals surface area contributed by atoms with Crippen molar-refractivity contribution < 1.29 is 19.1 Å². The van der Waals surface area contributed by atoms with Gasteiger partial charge in [0, 0.05) is 0 Å². The van der Waals surface area contributed by atoms with Crippen LogP contribution in [0.5, 0.6) is 11.5 Å². The minimum atomic E-state index is -0.754. The van der Waals surface area contributed by atoms with Crippen molar-refractivity contribution in [1.82, 2.24) is 10.2 Å². The van der Waals surface area contributed by atoms with Gasteiger partial charge in [-0.3, -0.25) is 9.69 Å². The van der Waals surface area contributed by atoms with Crippen LogP contribution in [-0.2, 0) is 4.79 Å². The van der Waals surface area contributed by atoms with E-state index in [4.69, 9.17) is 9.47 Å². The van der Waals surface area contributed by atoms with E-state index in [1.165, 1.54) is 4.90 Å². The predicted molar refractivity (Wildman–Crippen MR) is 86.7 cm³/mol. The van der Waals surface area contributed by atoms with Crippen molar-refractivity contribution in [1.29, 1.82) is 0 Å². The Bertz CT molecular complexity index is 552. The van der Waals surface area contributed by atoms with Crippen LogP contribution in [0.15, 0.2) is 24.3 Å². The highest BCUT2D eigenvalue weighted by Crippen LogP contribution is 2.24. The fraction of sp³-hybridized carbons (Fsp3) is 0.529. The van der Waals surface area contributed by atoms with E-state index in [-0.39, 0.29) is 25.1 Å². The summed E-state index contributed by atoms with van der Waals surface area (Å²) < 4.78 is 11.0. The van der Waals surface area contributed by atoms with Gasteiger partial charge in [0.2, 0.25) is 0 Å². The summed E-state index contributed by atoms with van der Waals surface area (Å²) in [5.41, 5.74) is -0.754. The molecule has 0 spiro atoms. The predicted octanol–water partition coefficient (Wildman–Crippen LogP) is 2.57. The zero-order valence-electron chi connectivity index (χ0n) is 13.9. The van der Waals surface area contributed by atoms with Crippen LogP contribution in [0.25, 0.3) is 0 Å². The fourth-order valence-corrected chi connectivity index (χ4v) is 2.66. The molecule has 6 heteroatoms. The van der Waals surface area contributed by atoms with E-state index in [2.05, 4.69) is 5.32 Å². The molecule has 6 nitrogen and oxygen atoms in total. The van der Waals surface area contributed by atoms with Crippen LogP contribution in [0.1, 0.15) is 33.6 Å². The van der Waals surface area contributed by atoms with Gasteiger partial charge < -0.3 is 14.8 Å². The fourth-order valence-electron chi connectivity index (χ4n) is 2.66. The van der Waals surface area contributed by atoms with Crippen molar-refractivity contribution in [2.75, 3.05) is 19.8 Å². The number of imide groups is 1. The summed E-state index contributed by atoms with van der Waals surface area (Å²) in [4.78, 5) is 25.7. The molecule has 126 valence electrons. The Balaban J connectivity index is 1.88. The van der Waals surface area contributed by atoms with Gasteiger partial charge in [-0.1, -0.05) is 13.8 Å². The van der Waals surface area contributed by atoms with Crippen LogP contribution < -0.4 is 14.8 Å². The summed E-state index contributed by atoms with van der Waals surface area (Å²) >= 11 is 0. The van der Waals surface area contributed by atoms with Gasteiger partial charge in [0.1, 0.15) is 23.6 Å². The Hall–Kier alpha value is -2.24. The molecule has 23 heavy (non-hydrogen) atoms. The lowest BCUT2D eigenvalue weighted by molar-refractivity contribution is -0.131. The molecule has 0 atom stereocenters. The molecule has 1 saturated heterocycles. The van der Waals surface area contributed by atoms with Crippen LogP contribution in [0.4, 0.5) is 4.79 Å². The third-order valence-corrected chi connectivity index (χ3v) is 4.17. The molecule has 1 N–H and O–H groups in total. The highest BCUT2D eigenvalue weighted by atomic mass is 16.5. The smallest absolute Gasteiger partial charge is 0.325 e. The molecule has 0 aromatic heterocycles. The van der Waals surface area contributed by atoms with Crippen LogP contribution in [0.2, 0.25) is 0 Å². The summed E-state index contributed by atoms with van der Waals surface area (Å²) in [6, 6.07) is 6.92. The Labute approximate surface area is 136 Å². The zero-order valence-corrected chi connectivity index (χ0v) is 13.9. The van der Waals surface area contributed by atoms with E-state index in [9.17, 15) is 9.59 Å². The Morgan fingerprint density at radius 1 is 1.00 bits per heavy atom. The van der Waals surface area contributed by atoms with Crippen LogP contribution in [-0.4, -0.2) is 42.1 Å². The number of nitrogens with one attached hydrogen (secondary N) is 1. The Kier molecular flexibility index (Phi) is 5.47. The lowest BCUT2D eigenvalue weighted by Crippen LogP contribution is -2.46. The highest BCUT2D eigenvalue weighted by Gasteiger charge is 2.48. The van der Waals surface area contributed by atoms with E-state index < -0.39 is 5.54 Å². The number of amides is 3. The zero-order chi connectivity index (χ0) is 16.9. The minimum absolute atomic E-state index is 0.164. The molecule has 3 amide bonds. The standard InChI is InChI=1S/C17H24N2O4/c1-4-17(5-2)15(20)19(16(21)18-17)11-12-23-14-9-7-13(8-10-14)22-6-3/h7-10H,4-6,11-12H2,1-3H3,(H,18,21). The third kappa shape index (κ3) is 3.57. The van der Waals surface area contributed by atoms with Gasteiger partial charge in [-0.2, -0.15) is 0 Å². The van der Waals surface area contributed by atoms with Crippen molar-refractivity contribution >= 4 is 11.9 Å². The summed E-state index contributed by atoms with van der Waals surface area (Å²) in [7, 11) is 0. The summed E-state index contributed by atoms with van der Waals surface area (Å²) in [5, 5.41) is 2.80. The first-order valence-electron chi connectivity index (χ1n) is 8.06. The molecule has 0 saturated carbocycles. The van der Waals surface area contributed by atoms with Gasteiger partial charge >= 0.3 is 6.03 Å². The number of nitrogens with zero attached hydrogens (tertiary/aromatic N) is 1. The number of benzene rings is 1. The van der Waals surface area contributed by atoms with Crippen LogP contribution in [0.3, 0.4) is 0 Å². The average Bonchev–Trinajstić information content (AvgIpc) is 2.81. The minimum Gasteiger partial charge on any atom is -0.494 e. The van der Waals surface area contributed by atoms with Gasteiger partial charge in [-0.15, -0.1) is 0 Å². The maximum Gasteiger partial charge on any atom is 0.325 e. The van der Waals surface area contributed by atoms with E-state index in [1.807, 2.05) is 32.9 Å². The van der Waals surface area contributed by atoms with Crippen molar-refractivity contribution in [3.05, 3.63) is 24.3 Å².